The van der Waals surface area contributed by atoms with E-state index in [2.05, 4.69) is 0 Å². The lowest BCUT2D eigenvalue weighted by molar-refractivity contribution is 0.0697. The highest BCUT2D eigenvalue weighted by molar-refractivity contribution is 7.92. The number of phenols is 1. The molecule has 0 aromatic heterocycles. The minimum atomic E-state index is -3.87. The fraction of sp³-hybridized carbons (Fsp3) is 0.381. The molecule has 0 saturated carbocycles. The summed E-state index contributed by atoms with van der Waals surface area (Å²) in [5.74, 6) is -0.517. The lowest BCUT2D eigenvalue weighted by Crippen LogP contribution is -2.50. The van der Waals surface area contributed by atoms with Crippen LogP contribution in [0.4, 0.5) is 5.69 Å². The number of phenolic OH excluding ortho intramolecular Hbond substituents is 1. The number of hydrogen-bond acceptors (Lipinski definition) is 6. The van der Waals surface area contributed by atoms with Crippen LogP contribution in [0, 0.1) is 6.92 Å². The molecule has 0 aliphatic carbocycles. The molecule has 2 aliphatic rings. The van der Waals surface area contributed by atoms with Crippen LogP contribution in [-0.2, 0) is 26.5 Å². The molecule has 11 heteroatoms. The molecule has 4 rings (SSSR count). The third kappa shape index (κ3) is 4.07. The number of anilines is 1. The molecular formula is C21H25N3O6S2. The van der Waals surface area contributed by atoms with Crippen molar-refractivity contribution < 1.29 is 26.7 Å². The average Bonchev–Trinajstić information content (AvgIpc) is 3.19. The number of piperazine rings is 1. The van der Waals surface area contributed by atoms with E-state index >= 15 is 0 Å². The Morgan fingerprint density at radius 2 is 1.62 bits per heavy atom. The van der Waals surface area contributed by atoms with Gasteiger partial charge in [-0.3, -0.25) is 9.10 Å². The monoisotopic (exact) mass is 479 g/mol. The molecule has 0 unspecified atom stereocenters. The number of carbonyl (C=O) groups is 1. The smallest absolute Gasteiger partial charge is 0.253 e. The molecule has 0 bridgehead atoms. The number of nitrogens with zero attached hydrogens (tertiary/aromatic N) is 3. The quantitative estimate of drug-likeness (QED) is 0.704. The van der Waals surface area contributed by atoms with Gasteiger partial charge in [0.15, 0.2) is 0 Å². The maximum absolute atomic E-state index is 13.0. The minimum absolute atomic E-state index is 0.119. The summed E-state index contributed by atoms with van der Waals surface area (Å²) in [6.45, 7) is 2.78. The van der Waals surface area contributed by atoms with Gasteiger partial charge in [-0.2, -0.15) is 4.31 Å². The SMILES string of the molecule is Cc1ccc(O)c(S(=O)(=O)N2CCN(C(=O)c3ccc4c(c3)CCN4S(C)(=O)=O)CC2)c1. The Morgan fingerprint density at radius 1 is 0.938 bits per heavy atom. The van der Waals surface area contributed by atoms with Crippen molar-refractivity contribution >= 4 is 31.6 Å². The van der Waals surface area contributed by atoms with Gasteiger partial charge >= 0.3 is 0 Å². The maximum atomic E-state index is 13.0. The van der Waals surface area contributed by atoms with Crippen LogP contribution in [0.15, 0.2) is 41.3 Å². The molecule has 2 heterocycles. The zero-order valence-electron chi connectivity index (χ0n) is 17.9. The topological polar surface area (TPSA) is 115 Å². The first kappa shape index (κ1) is 22.6. The van der Waals surface area contributed by atoms with E-state index in [-0.39, 0.29) is 42.7 Å². The number of aryl methyl sites for hydroxylation is 1. The zero-order chi connectivity index (χ0) is 23.3. The zero-order valence-corrected chi connectivity index (χ0v) is 19.5. The Morgan fingerprint density at radius 3 is 2.28 bits per heavy atom. The van der Waals surface area contributed by atoms with Gasteiger partial charge in [-0.15, -0.1) is 0 Å². The standard InChI is InChI=1S/C21H25N3O6S2/c1-15-3-6-19(25)20(13-15)32(29,30)23-11-9-22(10-12-23)21(26)17-4-5-18-16(14-17)7-8-24(18)31(2,27)28/h3-6,13-14,25H,7-12H2,1-2H3. The number of rotatable bonds is 4. The molecule has 172 valence electrons. The number of amides is 1. The number of hydrogen-bond donors (Lipinski definition) is 1. The van der Waals surface area contributed by atoms with Gasteiger partial charge in [0.25, 0.3) is 5.91 Å². The van der Waals surface area contributed by atoms with E-state index in [1.165, 1.54) is 20.7 Å². The summed E-state index contributed by atoms with van der Waals surface area (Å²) in [5, 5.41) is 10.0. The summed E-state index contributed by atoms with van der Waals surface area (Å²) in [7, 11) is -7.23. The second-order valence-corrected chi connectivity index (χ2v) is 11.9. The van der Waals surface area contributed by atoms with Crippen molar-refractivity contribution in [1.29, 1.82) is 0 Å². The number of fused-ring (bicyclic) bond motifs is 1. The van der Waals surface area contributed by atoms with Gasteiger partial charge in [-0.05, 0) is 54.8 Å². The van der Waals surface area contributed by atoms with E-state index in [1.54, 1.807) is 36.1 Å². The molecule has 1 fully saturated rings. The second-order valence-electron chi connectivity index (χ2n) is 8.10. The first-order chi connectivity index (χ1) is 15.0. The highest BCUT2D eigenvalue weighted by Crippen LogP contribution is 2.31. The van der Waals surface area contributed by atoms with E-state index in [0.29, 0.717) is 24.2 Å². The fourth-order valence-electron chi connectivity index (χ4n) is 4.13. The van der Waals surface area contributed by atoms with Crippen molar-refractivity contribution in [3.63, 3.8) is 0 Å². The summed E-state index contributed by atoms with van der Waals surface area (Å²) >= 11 is 0. The van der Waals surface area contributed by atoms with Gasteiger partial charge in [0.1, 0.15) is 10.6 Å². The molecule has 1 amide bonds. The number of aromatic hydroxyl groups is 1. The summed E-state index contributed by atoms with van der Waals surface area (Å²) in [6, 6.07) is 9.41. The van der Waals surface area contributed by atoms with Crippen molar-refractivity contribution in [2.75, 3.05) is 43.3 Å². The second kappa shape index (κ2) is 8.05. The molecule has 9 nitrogen and oxygen atoms in total. The highest BCUT2D eigenvalue weighted by atomic mass is 32.2. The first-order valence-electron chi connectivity index (χ1n) is 10.2. The molecule has 32 heavy (non-hydrogen) atoms. The predicted octanol–water partition coefficient (Wildman–Crippen LogP) is 1.17. The molecule has 1 N–H and O–H groups in total. The number of benzene rings is 2. The molecule has 2 aromatic rings. The molecule has 2 aromatic carbocycles. The van der Waals surface area contributed by atoms with E-state index in [0.717, 1.165) is 17.4 Å². The van der Waals surface area contributed by atoms with E-state index in [1.807, 2.05) is 0 Å². The van der Waals surface area contributed by atoms with Gasteiger partial charge in [0, 0.05) is 38.3 Å². The van der Waals surface area contributed by atoms with Gasteiger partial charge in [-0.1, -0.05) is 6.07 Å². The lowest BCUT2D eigenvalue weighted by Gasteiger charge is -2.34. The van der Waals surface area contributed by atoms with Crippen molar-refractivity contribution in [1.82, 2.24) is 9.21 Å². The third-order valence-electron chi connectivity index (χ3n) is 5.84. The van der Waals surface area contributed by atoms with Crippen molar-refractivity contribution in [2.45, 2.75) is 18.2 Å². The van der Waals surface area contributed by atoms with E-state index in [9.17, 15) is 26.7 Å². The van der Waals surface area contributed by atoms with Crippen molar-refractivity contribution in [2.24, 2.45) is 0 Å². The molecule has 0 atom stereocenters. The summed E-state index contributed by atoms with van der Waals surface area (Å²) in [5.41, 5.74) is 2.57. The number of carbonyl (C=O) groups excluding carboxylic acids is 1. The van der Waals surface area contributed by atoms with Crippen LogP contribution in [0.2, 0.25) is 0 Å². The Labute approximate surface area is 188 Å². The van der Waals surface area contributed by atoms with Gasteiger partial charge in [0.05, 0.1) is 11.9 Å². The fourth-order valence-corrected chi connectivity index (χ4v) is 6.68. The Balaban J connectivity index is 1.47. The Kier molecular flexibility index (Phi) is 5.68. The summed E-state index contributed by atoms with van der Waals surface area (Å²) in [6.07, 6.45) is 1.70. The van der Waals surface area contributed by atoms with Crippen LogP contribution in [0.5, 0.6) is 5.75 Å². The molecule has 1 saturated heterocycles. The molecular weight excluding hydrogens is 454 g/mol. The Bertz CT molecular complexity index is 1280. The van der Waals surface area contributed by atoms with Crippen LogP contribution in [0.3, 0.4) is 0 Å². The van der Waals surface area contributed by atoms with Gasteiger partial charge in [0.2, 0.25) is 20.0 Å². The third-order valence-corrected chi connectivity index (χ3v) is 8.95. The predicted molar refractivity (Wildman–Crippen MR) is 120 cm³/mol. The van der Waals surface area contributed by atoms with Crippen molar-refractivity contribution in [3.05, 3.63) is 53.1 Å². The Hall–Kier alpha value is -2.63. The number of sulfonamides is 2. The van der Waals surface area contributed by atoms with Crippen LogP contribution in [-0.4, -0.2) is 76.0 Å². The van der Waals surface area contributed by atoms with Gasteiger partial charge in [-0.25, -0.2) is 16.8 Å². The molecule has 2 aliphatic heterocycles. The van der Waals surface area contributed by atoms with Crippen molar-refractivity contribution in [3.8, 4) is 5.75 Å². The van der Waals surface area contributed by atoms with Crippen LogP contribution >= 0.6 is 0 Å². The van der Waals surface area contributed by atoms with Crippen LogP contribution in [0.1, 0.15) is 21.5 Å². The van der Waals surface area contributed by atoms with E-state index in [4.69, 9.17) is 0 Å². The minimum Gasteiger partial charge on any atom is -0.507 e. The summed E-state index contributed by atoms with van der Waals surface area (Å²) < 4.78 is 52.3. The normalized spacial score (nSPS) is 17.4. The maximum Gasteiger partial charge on any atom is 0.253 e. The largest absolute Gasteiger partial charge is 0.507 e. The summed E-state index contributed by atoms with van der Waals surface area (Å²) in [4.78, 5) is 14.4. The van der Waals surface area contributed by atoms with E-state index < -0.39 is 20.0 Å². The molecule has 0 radical (unpaired) electrons. The average molecular weight is 480 g/mol. The van der Waals surface area contributed by atoms with Crippen LogP contribution < -0.4 is 4.31 Å². The first-order valence-corrected chi connectivity index (χ1v) is 13.5. The molecule has 0 spiro atoms. The van der Waals surface area contributed by atoms with Crippen LogP contribution in [0.25, 0.3) is 0 Å². The highest BCUT2D eigenvalue weighted by Gasteiger charge is 2.33. The van der Waals surface area contributed by atoms with Gasteiger partial charge < -0.3 is 10.0 Å². The lowest BCUT2D eigenvalue weighted by atomic mass is 10.1.